The lowest BCUT2D eigenvalue weighted by atomic mass is 9.92. The highest BCUT2D eigenvalue weighted by molar-refractivity contribution is 5.44. The Bertz CT molecular complexity index is 1070. The normalized spacial score (nSPS) is 19.2. The van der Waals surface area contributed by atoms with Crippen LogP contribution < -0.4 is 15.4 Å². The monoisotopic (exact) mass is 450 g/mol. The average molecular weight is 450 g/mol. The average Bonchev–Trinajstić information content (AvgIpc) is 3.28. The number of ether oxygens (including phenoxy) is 1. The molecule has 2 atom stereocenters. The van der Waals surface area contributed by atoms with Crippen LogP contribution in [0.3, 0.4) is 0 Å². The van der Waals surface area contributed by atoms with Gasteiger partial charge in [-0.3, -0.25) is 0 Å². The SMILES string of the molecule is COc1ccc(-n2nnnc2C(F)(F)F)cc1CN[C@@H]1CCCN[C@@H]1c1cccc(F)c1. The van der Waals surface area contributed by atoms with Crippen LogP contribution in [0.2, 0.25) is 0 Å². The van der Waals surface area contributed by atoms with E-state index in [1.807, 2.05) is 6.07 Å². The fourth-order valence-electron chi connectivity index (χ4n) is 3.97. The van der Waals surface area contributed by atoms with Crippen LogP contribution in [0.5, 0.6) is 5.75 Å². The van der Waals surface area contributed by atoms with E-state index < -0.39 is 12.0 Å². The van der Waals surface area contributed by atoms with Gasteiger partial charge >= 0.3 is 6.18 Å². The van der Waals surface area contributed by atoms with Gasteiger partial charge < -0.3 is 15.4 Å². The van der Waals surface area contributed by atoms with E-state index in [4.69, 9.17) is 4.74 Å². The molecular weight excluding hydrogens is 428 g/mol. The number of piperidine rings is 1. The Kier molecular flexibility index (Phi) is 6.38. The Hall–Kier alpha value is -3.05. The van der Waals surface area contributed by atoms with Crippen molar-refractivity contribution in [1.29, 1.82) is 0 Å². The van der Waals surface area contributed by atoms with Crippen molar-refractivity contribution in [2.24, 2.45) is 0 Å². The van der Waals surface area contributed by atoms with E-state index in [-0.39, 0.29) is 23.6 Å². The number of aromatic nitrogens is 4. The van der Waals surface area contributed by atoms with Gasteiger partial charge in [0.15, 0.2) is 0 Å². The second kappa shape index (κ2) is 9.21. The van der Waals surface area contributed by atoms with E-state index >= 15 is 0 Å². The van der Waals surface area contributed by atoms with E-state index in [1.165, 1.54) is 25.3 Å². The third kappa shape index (κ3) is 4.73. The number of nitrogens with one attached hydrogen (secondary N) is 2. The van der Waals surface area contributed by atoms with Crippen molar-refractivity contribution in [3.05, 3.63) is 65.2 Å². The molecule has 0 unspecified atom stereocenters. The minimum Gasteiger partial charge on any atom is -0.496 e. The predicted molar refractivity (Wildman–Crippen MR) is 108 cm³/mol. The Morgan fingerprint density at radius 1 is 1.22 bits per heavy atom. The van der Waals surface area contributed by atoms with Crippen LogP contribution in [0.4, 0.5) is 17.6 Å². The van der Waals surface area contributed by atoms with Crippen LogP contribution in [-0.2, 0) is 12.7 Å². The first-order valence-electron chi connectivity index (χ1n) is 10.1. The summed E-state index contributed by atoms with van der Waals surface area (Å²) in [5, 5.41) is 16.6. The largest absolute Gasteiger partial charge is 0.496 e. The summed E-state index contributed by atoms with van der Waals surface area (Å²) in [7, 11) is 1.49. The molecule has 1 aliphatic heterocycles. The molecule has 170 valence electrons. The van der Waals surface area contributed by atoms with Gasteiger partial charge in [0.1, 0.15) is 11.6 Å². The molecular formula is C21H22F4N6O. The minimum atomic E-state index is -4.69. The van der Waals surface area contributed by atoms with E-state index in [0.717, 1.165) is 24.9 Å². The summed E-state index contributed by atoms with van der Waals surface area (Å²) < 4.78 is 59.4. The summed E-state index contributed by atoms with van der Waals surface area (Å²) in [4.78, 5) is 0. The highest BCUT2D eigenvalue weighted by atomic mass is 19.4. The molecule has 1 aromatic heterocycles. The molecule has 0 spiro atoms. The molecule has 0 amide bonds. The number of tetrazole rings is 1. The molecule has 2 N–H and O–H groups in total. The zero-order valence-corrected chi connectivity index (χ0v) is 17.2. The number of hydrogen-bond donors (Lipinski definition) is 2. The van der Waals surface area contributed by atoms with Gasteiger partial charge in [-0.05, 0) is 65.7 Å². The molecule has 7 nitrogen and oxygen atoms in total. The maximum absolute atomic E-state index is 13.7. The lowest BCUT2D eigenvalue weighted by Gasteiger charge is -2.34. The first-order valence-corrected chi connectivity index (χ1v) is 10.1. The predicted octanol–water partition coefficient (Wildman–Crippen LogP) is 3.41. The fourth-order valence-corrected chi connectivity index (χ4v) is 3.97. The van der Waals surface area contributed by atoms with Crippen molar-refractivity contribution in [2.45, 2.75) is 37.6 Å². The highest BCUT2D eigenvalue weighted by Gasteiger charge is 2.38. The molecule has 11 heteroatoms. The van der Waals surface area contributed by atoms with Crippen LogP contribution in [0.1, 0.15) is 35.8 Å². The van der Waals surface area contributed by atoms with E-state index in [0.29, 0.717) is 22.5 Å². The van der Waals surface area contributed by atoms with Gasteiger partial charge in [-0.2, -0.15) is 17.9 Å². The smallest absolute Gasteiger partial charge is 0.453 e. The number of rotatable bonds is 6. The molecule has 2 aromatic carbocycles. The number of hydrogen-bond acceptors (Lipinski definition) is 6. The summed E-state index contributed by atoms with van der Waals surface area (Å²) in [6.45, 7) is 1.15. The lowest BCUT2D eigenvalue weighted by Crippen LogP contribution is -2.45. The van der Waals surface area contributed by atoms with Crippen LogP contribution in [-0.4, -0.2) is 39.9 Å². The second-order valence-corrected chi connectivity index (χ2v) is 7.52. The third-order valence-corrected chi connectivity index (χ3v) is 5.45. The number of alkyl halides is 3. The molecule has 3 aromatic rings. The van der Waals surface area contributed by atoms with Gasteiger partial charge in [0.2, 0.25) is 0 Å². The van der Waals surface area contributed by atoms with E-state index in [1.54, 1.807) is 18.2 Å². The molecule has 1 fully saturated rings. The quantitative estimate of drug-likeness (QED) is 0.561. The number of methoxy groups -OCH3 is 1. The lowest BCUT2D eigenvalue weighted by molar-refractivity contribution is -0.146. The van der Waals surface area contributed by atoms with Crippen molar-refractivity contribution in [2.75, 3.05) is 13.7 Å². The van der Waals surface area contributed by atoms with Crippen molar-refractivity contribution in [3.63, 3.8) is 0 Å². The standard InChI is InChI=1S/C21H22F4N6O/c1-32-18-8-7-16(31-20(21(23,24)25)28-29-30-31)11-14(18)12-27-17-6-3-9-26-19(17)13-4-2-5-15(22)10-13/h2,4-5,7-8,10-11,17,19,26-27H,3,6,9,12H2,1H3/t17-,19-/m1/s1. The highest BCUT2D eigenvalue weighted by Crippen LogP contribution is 2.30. The molecule has 0 radical (unpaired) electrons. The van der Waals surface area contributed by atoms with Crippen LogP contribution in [0.25, 0.3) is 5.69 Å². The van der Waals surface area contributed by atoms with Crippen LogP contribution >= 0.6 is 0 Å². The van der Waals surface area contributed by atoms with Gasteiger partial charge in [-0.1, -0.05) is 12.1 Å². The zero-order valence-electron chi connectivity index (χ0n) is 17.2. The van der Waals surface area contributed by atoms with Crippen molar-refractivity contribution >= 4 is 0 Å². The first-order chi connectivity index (χ1) is 15.4. The van der Waals surface area contributed by atoms with Crippen molar-refractivity contribution in [3.8, 4) is 11.4 Å². The molecule has 32 heavy (non-hydrogen) atoms. The Morgan fingerprint density at radius 3 is 2.81 bits per heavy atom. The Morgan fingerprint density at radius 2 is 2.06 bits per heavy atom. The fraction of sp³-hybridized carbons (Fsp3) is 0.381. The van der Waals surface area contributed by atoms with Gasteiger partial charge in [-0.15, -0.1) is 5.10 Å². The Balaban J connectivity index is 1.57. The zero-order chi connectivity index (χ0) is 22.7. The van der Waals surface area contributed by atoms with Gasteiger partial charge in [0, 0.05) is 24.2 Å². The van der Waals surface area contributed by atoms with Crippen molar-refractivity contribution in [1.82, 2.24) is 30.8 Å². The van der Waals surface area contributed by atoms with E-state index in [9.17, 15) is 17.6 Å². The van der Waals surface area contributed by atoms with Gasteiger partial charge in [0.25, 0.3) is 5.82 Å². The van der Waals surface area contributed by atoms with Gasteiger partial charge in [-0.25, -0.2) is 4.39 Å². The summed E-state index contributed by atoms with van der Waals surface area (Å²) in [6, 6.07) is 11.0. The Labute approximate surface area is 181 Å². The third-order valence-electron chi connectivity index (χ3n) is 5.45. The molecule has 1 aliphatic rings. The summed E-state index contributed by atoms with van der Waals surface area (Å²) >= 11 is 0. The van der Waals surface area contributed by atoms with Crippen LogP contribution in [0, 0.1) is 5.82 Å². The molecule has 0 bridgehead atoms. The maximum Gasteiger partial charge on any atom is 0.453 e. The summed E-state index contributed by atoms with van der Waals surface area (Å²) in [6.07, 6.45) is -2.88. The topological polar surface area (TPSA) is 76.9 Å². The summed E-state index contributed by atoms with van der Waals surface area (Å²) in [5.41, 5.74) is 1.66. The molecule has 0 aliphatic carbocycles. The molecule has 2 heterocycles. The van der Waals surface area contributed by atoms with E-state index in [2.05, 4.69) is 26.2 Å². The number of halogens is 4. The summed E-state index contributed by atoms with van der Waals surface area (Å²) in [5.74, 6) is -0.983. The van der Waals surface area contributed by atoms with Crippen molar-refractivity contribution < 1.29 is 22.3 Å². The molecule has 1 saturated heterocycles. The second-order valence-electron chi connectivity index (χ2n) is 7.52. The first kappa shape index (κ1) is 22.2. The minimum absolute atomic E-state index is 0.00214. The maximum atomic E-state index is 13.7. The van der Waals surface area contributed by atoms with Gasteiger partial charge in [0.05, 0.1) is 12.8 Å². The number of benzene rings is 2. The molecule has 4 rings (SSSR count). The number of nitrogens with zero attached hydrogens (tertiary/aromatic N) is 4. The molecule has 0 saturated carbocycles. The van der Waals surface area contributed by atoms with Crippen LogP contribution in [0.15, 0.2) is 42.5 Å².